The highest BCUT2D eigenvalue weighted by Crippen LogP contribution is 1.90. The number of aromatic nitrogens is 1. The molecule has 9 heavy (non-hydrogen) atoms. The van der Waals surface area contributed by atoms with Crippen LogP contribution in [0.4, 0.5) is 0 Å². The molecule has 0 radical (unpaired) electrons. The van der Waals surface area contributed by atoms with Crippen molar-refractivity contribution in [3.8, 4) is 0 Å². The maximum Gasteiger partial charge on any atom is 0.354 e. The van der Waals surface area contributed by atoms with Crippen molar-refractivity contribution in [3.63, 3.8) is 0 Å². The lowest BCUT2D eigenvalue weighted by Gasteiger charge is -1.87. The molecule has 0 atom stereocenters. The van der Waals surface area contributed by atoms with Crippen molar-refractivity contribution < 1.29 is 15.4 Å². The number of carboxylic acids is 1. The number of aromatic carboxylic acids is 1. The molecular weight excluding hydrogens is 118 g/mol. The van der Waals surface area contributed by atoms with Crippen LogP contribution in [0.25, 0.3) is 0 Å². The summed E-state index contributed by atoms with van der Waals surface area (Å²) >= 11 is 0. The van der Waals surface area contributed by atoms with Crippen molar-refractivity contribution >= 4 is 5.97 Å². The molecule has 0 fully saturated rings. The molecular formula is C6H5NO2. The molecule has 0 saturated carbocycles. The van der Waals surface area contributed by atoms with Crippen molar-refractivity contribution in [1.82, 2.24) is 4.98 Å². The number of pyridine rings is 1. The van der Waals surface area contributed by atoms with Gasteiger partial charge in [-0.3, -0.25) is 0 Å². The van der Waals surface area contributed by atoms with Crippen LogP contribution in [0.1, 0.15) is 16.0 Å². The average molecular weight is 127 g/mol. The lowest BCUT2D eigenvalue weighted by Crippen LogP contribution is -1.97. The van der Waals surface area contributed by atoms with Gasteiger partial charge in [-0.1, -0.05) is 6.04 Å². The van der Waals surface area contributed by atoms with Gasteiger partial charge < -0.3 is 5.11 Å². The first-order valence-corrected chi connectivity index (χ1v) is 2.12. The van der Waals surface area contributed by atoms with Crippen LogP contribution >= 0.6 is 0 Å². The van der Waals surface area contributed by atoms with Gasteiger partial charge in [-0.2, -0.15) is 0 Å². The van der Waals surface area contributed by atoms with E-state index >= 15 is 0 Å². The molecule has 0 aliphatic carbocycles. The van der Waals surface area contributed by atoms with Crippen LogP contribution in [0, 0.1) is 0 Å². The Morgan fingerprint density at radius 3 is 3.22 bits per heavy atom. The zero-order valence-corrected chi connectivity index (χ0v) is 4.30. The molecule has 0 amide bonds. The Hall–Kier alpha value is -1.38. The first-order chi connectivity index (χ1) is 5.95. The van der Waals surface area contributed by atoms with Gasteiger partial charge in [0.2, 0.25) is 0 Å². The van der Waals surface area contributed by atoms with E-state index in [1.165, 1.54) is 0 Å². The first kappa shape index (κ1) is 2.47. The highest BCUT2D eigenvalue weighted by Gasteiger charge is 1.98. The van der Waals surface area contributed by atoms with Gasteiger partial charge in [-0.25, -0.2) is 9.78 Å². The van der Waals surface area contributed by atoms with E-state index in [0.717, 1.165) is 0 Å². The number of hydrogen-bond donors (Lipinski definition) is 1. The van der Waals surface area contributed by atoms with E-state index in [9.17, 15) is 4.79 Å². The fourth-order valence-electron chi connectivity index (χ4n) is 0.331. The largest absolute Gasteiger partial charge is 0.477 e. The number of nitrogens with zero attached hydrogens (tertiary/aromatic N) is 1. The maximum atomic E-state index is 10.4. The zero-order chi connectivity index (χ0) is 10.2. The summed E-state index contributed by atoms with van der Waals surface area (Å²) in [6.07, 6.45) is -0.599. The van der Waals surface area contributed by atoms with E-state index in [0.29, 0.717) is 0 Å². The van der Waals surface area contributed by atoms with Gasteiger partial charge in [0, 0.05) is 6.17 Å². The minimum absolute atomic E-state index is 0.532. The van der Waals surface area contributed by atoms with Gasteiger partial charge in [0.05, 0.1) is 5.48 Å². The van der Waals surface area contributed by atoms with Crippen LogP contribution < -0.4 is 0 Å². The minimum atomic E-state index is -1.47. The maximum absolute atomic E-state index is 10.4. The number of rotatable bonds is 1. The standard InChI is InChI=1S/C6H5NO2/c8-6(9)5-3-1-2-4-7-5/h1-4H,(H,8,9)/i1D,2D,3D,4D. The predicted octanol–water partition coefficient (Wildman–Crippen LogP) is 0.780. The Labute approximate surface area is 57.6 Å². The summed E-state index contributed by atoms with van der Waals surface area (Å²) in [5.41, 5.74) is -0.661. The Morgan fingerprint density at radius 2 is 2.56 bits per heavy atom. The second-order valence-electron chi connectivity index (χ2n) is 1.25. The third kappa shape index (κ3) is 1.25. The number of carbonyl (C=O) groups is 1. The second kappa shape index (κ2) is 2.26. The van der Waals surface area contributed by atoms with Crippen LogP contribution in [0.2, 0.25) is 0 Å². The summed E-state index contributed by atoms with van der Waals surface area (Å²) in [5, 5.41) is 8.50. The minimum Gasteiger partial charge on any atom is -0.477 e. The third-order valence-corrected chi connectivity index (χ3v) is 0.670. The smallest absolute Gasteiger partial charge is 0.354 e. The van der Waals surface area contributed by atoms with Crippen LogP contribution in [0.5, 0.6) is 0 Å². The SMILES string of the molecule is [2H]c1nc(C(=O)O)c([2H])c([2H])c1[2H]. The van der Waals surface area contributed by atoms with E-state index in [2.05, 4.69) is 4.98 Å². The normalized spacial score (nSPS) is 15.1. The zero-order valence-electron chi connectivity index (χ0n) is 8.30. The fourth-order valence-corrected chi connectivity index (χ4v) is 0.331. The van der Waals surface area contributed by atoms with Crippen molar-refractivity contribution in [2.75, 3.05) is 0 Å². The van der Waals surface area contributed by atoms with Gasteiger partial charge in [-0.15, -0.1) is 0 Å². The average Bonchev–Trinajstić information content (AvgIpc) is 2.07. The van der Waals surface area contributed by atoms with Crippen molar-refractivity contribution in [2.45, 2.75) is 0 Å². The first-order valence-electron chi connectivity index (χ1n) is 4.12. The summed E-state index contributed by atoms with van der Waals surface area (Å²) < 4.78 is 28.3. The van der Waals surface area contributed by atoms with Crippen molar-refractivity contribution in [3.05, 3.63) is 30.0 Å². The molecule has 1 aromatic rings. The van der Waals surface area contributed by atoms with Crippen molar-refractivity contribution in [2.24, 2.45) is 0 Å². The summed E-state index contributed by atoms with van der Waals surface area (Å²) in [5.74, 6) is -1.47. The molecule has 46 valence electrons. The Balaban J connectivity index is 3.50. The molecule has 0 aromatic carbocycles. The highest BCUT2D eigenvalue weighted by atomic mass is 16.4. The van der Waals surface area contributed by atoms with Gasteiger partial charge in [0.1, 0.15) is 5.69 Å². The van der Waals surface area contributed by atoms with Gasteiger partial charge in [-0.05, 0) is 12.1 Å². The highest BCUT2D eigenvalue weighted by molar-refractivity contribution is 5.85. The van der Waals surface area contributed by atoms with Gasteiger partial charge in [0.15, 0.2) is 0 Å². The molecule has 0 aliphatic heterocycles. The Kier molecular flexibility index (Phi) is 0.621. The molecule has 1 rings (SSSR count). The molecule has 0 unspecified atom stereocenters. The summed E-state index contributed by atoms with van der Waals surface area (Å²) in [4.78, 5) is 13.6. The van der Waals surface area contributed by atoms with E-state index in [1.54, 1.807) is 0 Å². The lowest BCUT2D eigenvalue weighted by molar-refractivity contribution is 0.0690. The molecule has 0 saturated heterocycles. The van der Waals surface area contributed by atoms with Crippen LogP contribution in [-0.4, -0.2) is 16.1 Å². The van der Waals surface area contributed by atoms with E-state index < -0.39 is 36.0 Å². The molecule has 0 spiro atoms. The van der Waals surface area contributed by atoms with Gasteiger partial charge >= 0.3 is 5.97 Å². The Bertz CT molecular complexity index is 379. The van der Waals surface area contributed by atoms with E-state index in [1.807, 2.05) is 0 Å². The summed E-state index contributed by atoms with van der Waals surface area (Å²) in [6.45, 7) is 0. The number of hydrogen-bond acceptors (Lipinski definition) is 2. The lowest BCUT2D eigenvalue weighted by atomic mass is 10.4. The fraction of sp³-hybridized carbons (Fsp3) is 0. The molecule has 3 heteroatoms. The third-order valence-electron chi connectivity index (χ3n) is 0.670. The molecule has 0 bridgehead atoms. The number of carboxylic acid groups (broad SMARTS) is 1. The molecule has 0 aliphatic rings. The molecule has 1 heterocycles. The van der Waals surface area contributed by atoms with E-state index in [4.69, 9.17) is 10.6 Å². The van der Waals surface area contributed by atoms with Crippen LogP contribution in [0.3, 0.4) is 0 Å². The van der Waals surface area contributed by atoms with Crippen LogP contribution in [-0.2, 0) is 0 Å². The summed E-state index contributed by atoms with van der Waals surface area (Å²) in [6, 6.07) is -1.75. The second-order valence-corrected chi connectivity index (χ2v) is 1.25. The topological polar surface area (TPSA) is 50.2 Å². The molecule has 1 N–H and O–H groups in total. The van der Waals surface area contributed by atoms with Gasteiger partial charge in [0.25, 0.3) is 0 Å². The Morgan fingerprint density at radius 1 is 1.78 bits per heavy atom. The molecule has 1 aromatic heterocycles. The summed E-state index contributed by atoms with van der Waals surface area (Å²) in [7, 11) is 0. The van der Waals surface area contributed by atoms with Crippen LogP contribution in [0.15, 0.2) is 24.3 Å². The van der Waals surface area contributed by atoms with Crippen molar-refractivity contribution in [1.29, 1.82) is 0 Å². The molecule has 3 nitrogen and oxygen atoms in total. The monoisotopic (exact) mass is 127 g/mol. The predicted molar refractivity (Wildman–Crippen MR) is 31.2 cm³/mol. The van der Waals surface area contributed by atoms with E-state index in [-0.39, 0.29) is 0 Å². The quantitative estimate of drug-likeness (QED) is 0.606.